The number of rotatable bonds is 6. The number of hydrogen-bond donors (Lipinski definition) is 1. The highest BCUT2D eigenvalue weighted by atomic mass is 15.2. The van der Waals surface area contributed by atoms with E-state index >= 15 is 0 Å². The van der Waals surface area contributed by atoms with Gasteiger partial charge in [-0.15, -0.1) is 0 Å². The maximum absolute atomic E-state index is 3.53. The van der Waals surface area contributed by atoms with Gasteiger partial charge in [0.05, 0.1) is 0 Å². The molecular weight excluding hydrogens is 232 g/mol. The molecule has 106 valence electrons. The minimum atomic E-state index is 0.541. The Hall–Kier alpha value is -0.860. The first-order chi connectivity index (χ1) is 9.35. The third-order valence-corrected chi connectivity index (χ3v) is 4.44. The van der Waals surface area contributed by atoms with Crippen molar-refractivity contribution in [1.82, 2.24) is 10.2 Å². The van der Waals surface area contributed by atoms with E-state index in [0.29, 0.717) is 6.04 Å². The monoisotopic (exact) mass is 260 g/mol. The van der Waals surface area contributed by atoms with Crippen molar-refractivity contribution < 1.29 is 0 Å². The first kappa shape index (κ1) is 14.5. The van der Waals surface area contributed by atoms with Gasteiger partial charge in [-0.1, -0.05) is 50.6 Å². The van der Waals surface area contributed by atoms with E-state index in [-0.39, 0.29) is 0 Å². The lowest BCUT2D eigenvalue weighted by atomic mass is 9.92. The Labute approximate surface area is 118 Å². The highest BCUT2D eigenvalue weighted by molar-refractivity contribution is 5.19. The van der Waals surface area contributed by atoms with Crippen LogP contribution in [0.3, 0.4) is 0 Å². The summed E-state index contributed by atoms with van der Waals surface area (Å²) in [6.45, 7) is 9.14. The highest BCUT2D eigenvalue weighted by Gasteiger charge is 2.24. The molecule has 1 atom stereocenters. The van der Waals surface area contributed by atoms with E-state index in [2.05, 4.69) is 54.4 Å². The molecule has 1 unspecified atom stereocenters. The minimum Gasteiger partial charge on any atom is -0.315 e. The van der Waals surface area contributed by atoms with Crippen molar-refractivity contribution in [3.8, 4) is 0 Å². The van der Waals surface area contributed by atoms with E-state index < -0.39 is 0 Å². The molecule has 0 radical (unpaired) electrons. The maximum atomic E-state index is 3.53. The van der Waals surface area contributed by atoms with Gasteiger partial charge in [-0.3, -0.25) is 4.90 Å². The molecule has 0 aromatic heterocycles. The van der Waals surface area contributed by atoms with Gasteiger partial charge in [-0.2, -0.15) is 0 Å². The predicted molar refractivity (Wildman–Crippen MR) is 82.3 cm³/mol. The van der Waals surface area contributed by atoms with Crippen molar-refractivity contribution in [2.45, 2.75) is 39.2 Å². The van der Waals surface area contributed by atoms with Crippen LogP contribution in [0.1, 0.15) is 44.7 Å². The van der Waals surface area contributed by atoms with Crippen LogP contribution in [0, 0.1) is 5.92 Å². The fourth-order valence-electron chi connectivity index (χ4n) is 3.09. The van der Waals surface area contributed by atoms with Gasteiger partial charge >= 0.3 is 0 Å². The van der Waals surface area contributed by atoms with Crippen LogP contribution in [0.5, 0.6) is 0 Å². The topological polar surface area (TPSA) is 15.3 Å². The summed E-state index contributed by atoms with van der Waals surface area (Å²) in [6.07, 6.45) is 4.08. The number of likely N-dealkylation sites (tertiary alicyclic amines) is 1. The first-order valence-corrected chi connectivity index (χ1v) is 7.84. The van der Waals surface area contributed by atoms with Gasteiger partial charge in [0.25, 0.3) is 0 Å². The molecule has 1 N–H and O–H groups in total. The van der Waals surface area contributed by atoms with E-state index in [1.54, 1.807) is 0 Å². The number of benzene rings is 1. The molecule has 1 aromatic rings. The summed E-state index contributed by atoms with van der Waals surface area (Å²) < 4.78 is 0. The fourth-order valence-corrected chi connectivity index (χ4v) is 3.09. The second-order valence-corrected chi connectivity index (χ2v) is 5.62. The van der Waals surface area contributed by atoms with Crippen LogP contribution >= 0.6 is 0 Å². The van der Waals surface area contributed by atoms with Crippen LogP contribution < -0.4 is 5.32 Å². The lowest BCUT2D eigenvalue weighted by Gasteiger charge is -2.37. The van der Waals surface area contributed by atoms with Gasteiger partial charge in [0.1, 0.15) is 0 Å². The van der Waals surface area contributed by atoms with E-state index in [9.17, 15) is 0 Å². The quantitative estimate of drug-likeness (QED) is 0.842. The van der Waals surface area contributed by atoms with Crippen molar-refractivity contribution in [3.05, 3.63) is 35.9 Å². The smallest absolute Gasteiger partial charge is 0.0472 e. The first-order valence-electron chi connectivity index (χ1n) is 7.84. The van der Waals surface area contributed by atoms with Crippen LogP contribution in [-0.4, -0.2) is 31.1 Å². The average Bonchev–Trinajstić information content (AvgIpc) is 2.49. The van der Waals surface area contributed by atoms with Gasteiger partial charge in [-0.25, -0.2) is 0 Å². The standard InChI is InChI=1S/C17H28N2/c1-3-15-10-12-19(13-11-15)17(14-18-4-2)16-8-6-5-7-9-16/h5-9,15,17-18H,3-4,10-14H2,1-2H3. The molecule has 1 saturated heterocycles. The van der Waals surface area contributed by atoms with E-state index in [0.717, 1.165) is 19.0 Å². The molecule has 0 saturated carbocycles. The van der Waals surface area contributed by atoms with E-state index in [1.807, 2.05) is 0 Å². The molecule has 1 fully saturated rings. The largest absolute Gasteiger partial charge is 0.315 e. The van der Waals surface area contributed by atoms with Gasteiger partial charge in [0.2, 0.25) is 0 Å². The summed E-state index contributed by atoms with van der Waals surface area (Å²) in [5.74, 6) is 0.951. The van der Waals surface area contributed by atoms with Crippen molar-refractivity contribution in [3.63, 3.8) is 0 Å². The fraction of sp³-hybridized carbons (Fsp3) is 0.647. The normalized spacial score (nSPS) is 19.5. The molecule has 2 heteroatoms. The van der Waals surface area contributed by atoms with Crippen LogP contribution in [0.15, 0.2) is 30.3 Å². The Bertz CT molecular complexity index is 342. The summed E-state index contributed by atoms with van der Waals surface area (Å²) in [6, 6.07) is 11.5. The lowest BCUT2D eigenvalue weighted by molar-refractivity contribution is 0.129. The Balaban J connectivity index is 2.02. The van der Waals surface area contributed by atoms with Crippen LogP contribution in [0.4, 0.5) is 0 Å². The lowest BCUT2D eigenvalue weighted by Crippen LogP contribution is -2.41. The second-order valence-electron chi connectivity index (χ2n) is 5.62. The summed E-state index contributed by atoms with van der Waals surface area (Å²) in [4.78, 5) is 2.67. The molecule has 1 aromatic carbocycles. The van der Waals surface area contributed by atoms with E-state index in [4.69, 9.17) is 0 Å². The molecule has 0 spiro atoms. The number of piperidine rings is 1. The molecular formula is C17H28N2. The molecule has 1 aliphatic heterocycles. The Morgan fingerprint density at radius 1 is 1.16 bits per heavy atom. The summed E-state index contributed by atoms with van der Waals surface area (Å²) in [7, 11) is 0. The van der Waals surface area contributed by atoms with Crippen LogP contribution in [-0.2, 0) is 0 Å². The zero-order chi connectivity index (χ0) is 13.5. The molecule has 2 rings (SSSR count). The molecule has 0 amide bonds. The molecule has 0 aliphatic carbocycles. The predicted octanol–water partition coefficient (Wildman–Crippen LogP) is 3.46. The van der Waals surface area contributed by atoms with Crippen molar-refractivity contribution >= 4 is 0 Å². The minimum absolute atomic E-state index is 0.541. The number of nitrogens with one attached hydrogen (secondary N) is 1. The van der Waals surface area contributed by atoms with E-state index in [1.165, 1.54) is 37.9 Å². The zero-order valence-corrected chi connectivity index (χ0v) is 12.4. The summed E-state index contributed by atoms with van der Waals surface area (Å²) >= 11 is 0. The van der Waals surface area contributed by atoms with Gasteiger partial charge in [-0.05, 0) is 44.0 Å². The Morgan fingerprint density at radius 2 is 1.84 bits per heavy atom. The van der Waals surface area contributed by atoms with Crippen LogP contribution in [0.25, 0.3) is 0 Å². The highest BCUT2D eigenvalue weighted by Crippen LogP contribution is 2.27. The van der Waals surface area contributed by atoms with Crippen molar-refractivity contribution in [1.29, 1.82) is 0 Å². The van der Waals surface area contributed by atoms with Gasteiger partial charge in [0, 0.05) is 12.6 Å². The molecule has 1 aliphatic rings. The molecule has 2 nitrogen and oxygen atoms in total. The average molecular weight is 260 g/mol. The molecule has 1 heterocycles. The number of likely N-dealkylation sites (N-methyl/N-ethyl adjacent to an activating group) is 1. The van der Waals surface area contributed by atoms with Gasteiger partial charge in [0.15, 0.2) is 0 Å². The molecule has 0 bridgehead atoms. The maximum Gasteiger partial charge on any atom is 0.0472 e. The Kier molecular flexibility index (Phi) is 5.87. The summed E-state index contributed by atoms with van der Waals surface area (Å²) in [5.41, 5.74) is 1.46. The number of nitrogens with zero attached hydrogens (tertiary/aromatic N) is 1. The number of hydrogen-bond acceptors (Lipinski definition) is 2. The third-order valence-electron chi connectivity index (χ3n) is 4.44. The SMILES string of the molecule is CCNCC(c1ccccc1)N1CCC(CC)CC1. The van der Waals surface area contributed by atoms with Crippen molar-refractivity contribution in [2.24, 2.45) is 5.92 Å². The zero-order valence-electron chi connectivity index (χ0n) is 12.4. The third kappa shape index (κ3) is 4.05. The summed E-state index contributed by atoms with van der Waals surface area (Å²) in [5, 5.41) is 3.53. The Morgan fingerprint density at radius 3 is 2.42 bits per heavy atom. The second kappa shape index (κ2) is 7.66. The van der Waals surface area contributed by atoms with Gasteiger partial charge < -0.3 is 5.32 Å². The van der Waals surface area contributed by atoms with Crippen molar-refractivity contribution in [2.75, 3.05) is 26.2 Å². The molecule has 19 heavy (non-hydrogen) atoms. The van der Waals surface area contributed by atoms with Crippen LogP contribution in [0.2, 0.25) is 0 Å².